The molecule has 31 heavy (non-hydrogen) atoms. The molecule has 0 aliphatic carbocycles. The van der Waals surface area contributed by atoms with E-state index in [2.05, 4.69) is 10.6 Å². The summed E-state index contributed by atoms with van der Waals surface area (Å²) >= 11 is 0. The lowest BCUT2D eigenvalue weighted by atomic mass is 10.1. The van der Waals surface area contributed by atoms with Crippen LogP contribution in [0.15, 0.2) is 59.6 Å². The number of nitrogens with two attached hydrogens (primary N) is 1. The number of benzene rings is 2. The van der Waals surface area contributed by atoms with Gasteiger partial charge in [0.05, 0.1) is 12.2 Å². The van der Waals surface area contributed by atoms with Crippen LogP contribution in [-0.4, -0.2) is 47.4 Å². The number of carbonyl (C=O) groups excluding carboxylic acids is 1. The molecule has 6 N–H and O–H groups in total. The molecule has 9 nitrogen and oxygen atoms in total. The Morgan fingerprint density at radius 2 is 1.84 bits per heavy atom. The average molecular weight is 450 g/mol. The molecule has 0 radical (unpaired) electrons. The van der Waals surface area contributed by atoms with E-state index in [9.17, 15) is 18.7 Å². The zero-order valence-corrected chi connectivity index (χ0v) is 18.3. The molecule has 1 unspecified atom stereocenters. The van der Waals surface area contributed by atoms with Crippen LogP contribution in [0.5, 0.6) is 17.2 Å². The minimum Gasteiger partial charge on any atom is -0.488 e. The highest BCUT2D eigenvalue weighted by atomic mass is 32.3. The molecule has 0 spiro atoms. The minimum absolute atomic E-state index is 0.139. The lowest BCUT2D eigenvalue weighted by molar-refractivity contribution is -0.115. The zero-order chi connectivity index (χ0) is 23.0. The van der Waals surface area contributed by atoms with Gasteiger partial charge in [-0.25, -0.2) is 10.1 Å². The van der Waals surface area contributed by atoms with E-state index < -0.39 is 22.2 Å². The smallest absolute Gasteiger partial charge is 0.339 e. The molecule has 2 rings (SSSR count). The molecule has 0 aliphatic rings. The summed E-state index contributed by atoms with van der Waals surface area (Å²) in [4.78, 5) is 12.9. The Morgan fingerprint density at radius 3 is 2.42 bits per heavy atom. The van der Waals surface area contributed by atoms with Gasteiger partial charge in [0.2, 0.25) is 10.2 Å². The fourth-order valence-electron chi connectivity index (χ4n) is 2.41. The standard InChI is InChI=1S/C21H25N3O6S/c1-14(13-25)29-17-10-15(21(26)24-20(22)8-9-23-2)11-18(12-17)30-16-4-6-19(7-5-16)31(3,27)28/h4-12,14,25H,13H2,1-3H3,(H3-,22,23,24,26,27,28)/p+2/t14-/m0/s1. The molecule has 2 atom stereocenters. The highest BCUT2D eigenvalue weighted by molar-refractivity contribution is 7.97. The summed E-state index contributed by atoms with van der Waals surface area (Å²) in [5.74, 6) is 0.670. The van der Waals surface area contributed by atoms with Crippen molar-refractivity contribution in [1.29, 1.82) is 0 Å². The molecule has 1 amide bonds. The van der Waals surface area contributed by atoms with E-state index in [0.717, 1.165) is 0 Å². The molecule has 2 aromatic carbocycles. The maximum atomic E-state index is 12.6. The molecular formula is C21H27N3O6S+2. The van der Waals surface area contributed by atoms with Gasteiger partial charge in [0.15, 0.2) is 4.90 Å². The van der Waals surface area contributed by atoms with Crippen LogP contribution in [0.1, 0.15) is 17.3 Å². The van der Waals surface area contributed by atoms with Crippen molar-refractivity contribution >= 4 is 22.0 Å². The zero-order valence-electron chi connectivity index (χ0n) is 17.5. The van der Waals surface area contributed by atoms with Crippen molar-refractivity contribution in [1.82, 2.24) is 10.6 Å². The number of amides is 1. The SMILES string of the molecule is CN/C=C\C(=[NH2+])NC(=O)c1cc(Oc2ccc([S+](C)(=O)O)cc2)cc(O[C@@H](C)CO)c1. The summed E-state index contributed by atoms with van der Waals surface area (Å²) in [5.41, 5.74) is 0.224. The summed E-state index contributed by atoms with van der Waals surface area (Å²) < 4.78 is 32.8. The summed E-state index contributed by atoms with van der Waals surface area (Å²) in [6.45, 7) is 1.47. The number of aliphatic hydroxyl groups excluding tert-OH is 1. The third-order valence-electron chi connectivity index (χ3n) is 3.92. The third-order valence-corrected chi connectivity index (χ3v) is 5.07. The van der Waals surface area contributed by atoms with Crippen molar-refractivity contribution < 1.29 is 33.5 Å². The fraction of sp³-hybridized carbons (Fsp3) is 0.238. The summed E-state index contributed by atoms with van der Waals surface area (Å²) in [5, 5.41) is 20.3. The lowest BCUT2D eigenvalue weighted by Crippen LogP contribution is -2.49. The molecule has 0 aliphatic heterocycles. The van der Waals surface area contributed by atoms with Crippen LogP contribution in [0.3, 0.4) is 0 Å². The predicted molar refractivity (Wildman–Crippen MR) is 118 cm³/mol. The molecule has 10 heteroatoms. The third kappa shape index (κ3) is 7.52. The number of hydrogen-bond acceptors (Lipinski definition) is 6. The second-order valence-electron chi connectivity index (χ2n) is 6.71. The van der Waals surface area contributed by atoms with E-state index in [1.807, 2.05) is 0 Å². The quantitative estimate of drug-likeness (QED) is 0.217. The van der Waals surface area contributed by atoms with E-state index in [-0.39, 0.29) is 22.9 Å². The highest BCUT2D eigenvalue weighted by Crippen LogP contribution is 2.29. The Balaban J connectivity index is 2.30. The van der Waals surface area contributed by atoms with Crippen LogP contribution in [0.2, 0.25) is 0 Å². The normalized spacial score (nSPS) is 13.8. The van der Waals surface area contributed by atoms with Crippen molar-refractivity contribution in [3.8, 4) is 17.2 Å². The van der Waals surface area contributed by atoms with Gasteiger partial charge in [-0.1, -0.05) is 4.21 Å². The van der Waals surface area contributed by atoms with Crippen molar-refractivity contribution in [2.45, 2.75) is 17.9 Å². The van der Waals surface area contributed by atoms with Gasteiger partial charge in [0.25, 0.3) is 5.84 Å². The first-order valence-corrected chi connectivity index (χ1v) is 11.2. The number of nitrogens with one attached hydrogen (secondary N) is 2. The Morgan fingerprint density at radius 1 is 1.19 bits per heavy atom. The summed E-state index contributed by atoms with van der Waals surface area (Å²) in [7, 11) is -1.38. The van der Waals surface area contributed by atoms with Gasteiger partial charge in [0, 0.05) is 25.4 Å². The first-order chi connectivity index (χ1) is 14.6. The van der Waals surface area contributed by atoms with Gasteiger partial charge in [-0.3, -0.25) is 5.41 Å². The number of ether oxygens (including phenoxy) is 2. The van der Waals surface area contributed by atoms with E-state index in [1.165, 1.54) is 36.6 Å². The number of hydrogen-bond donors (Lipinski definition) is 5. The van der Waals surface area contributed by atoms with Crippen molar-refractivity contribution in [2.24, 2.45) is 0 Å². The van der Waals surface area contributed by atoms with Gasteiger partial charge in [0.1, 0.15) is 29.6 Å². The second kappa shape index (κ2) is 10.7. The van der Waals surface area contributed by atoms with Gasteiger partial charge >= 0.3 is 5.91 Å². The predicted octanol–water partition coefficient (Wildman–Crippen LogP) is 0.820. The molecule has 0 fully saturated rings. The summed E-state index contributed by atoms with van der Waals surface area (Å²) in [6, 6.07) is 10.7. The van der Waals surface area contributed by atoms with Crippen LogP contribution in [0.4, 0.5) is 0 Å². The van der Waals surface area contributed by atoms with Gasteiger partial charge < -0.3 is 19.9 Å². The lowest BCUT2D eigenvalue weighted by Gasteiger charge is -2.14. The monoisotopic (exact) mass is 449 g/mol. The topological polar surface area (TPSA) is 143 Å². The largest absolute Gasteiger partial charge is 0.488 e. The van der Waals surface area contributed by atoms with Crippen LogP contribution >= 0.6 is 0 Å². The maximum Gasteiger partial charge on any atom is 0.339 e. The first-order valence-electron chi connectivity index (χ1n) is 9.32. The van der Waals surface area contributed by atoms with Crippen LogP contribution in [0.25, 0.3) is 0 Å². The molecule has 166 valence electrons. The van der Waals surface area contributed by atoms with E-state index in [4.69, 9.17) is 14.9 Å². The molecule has 0 bridgehead atoms. The number of amidine groups is 1. The Bertz CT molecular complexity index is 1000. The van der Waals surface area contributed by atoms with E-state index >= 15 is 0 Å². The van der Waals surface area contributed by atoms with Crippen LogP contribution in [-0.2, 0) is 14.4 Å². The number of rotatable bonds is 9. The number of carbonyl (C=O) groups is 1. The summed E-state index contributed by atoms with van der Waals surface area (Å²) in [6.07, 6.45) is 3.79. The van der Waals surface area contributed by atoms with E-state index in [0.29, 0.717) is 17.2 Å². The molecular weight excluding hydrogens is 422 g/mol. The average Bonchev–Trinajstić information content (AvgIpc) is 2.71. The Hall–Kier alpha value is -3.21. The van der Waals surface area contributed by atoms with Crippen LogP contribution in [0, 0.1) is 0 Å². The van der Waals surface area contributed by atoms with Gasteiger partial charge in [-0.15, -0.1) is 0 Å². The Labute approximate surface area is 181 Å². The highest BCUT2D eigenvalue weighted by Gasteiger charge is 2.21. The van der Waals surface area contributed by atoms with E-state index in [1.54, 1.807) is 38.4 Å². The molecule has 0 heterocycles. The molecule has 2 aromatic rings. The molecule has 0 saturated heterocycles. The van der Waals surface area contributed by atoms with Crippen molar-refractivity contribution in [3.05, 3.63) is 60.3 Å². The molecule has 0 saturated carbocycles. The van der Waals surface area contributed by atoms with Crippen molar-refractivity contribution in [3.63, 3.8) is 0 Å². The van der Waals surface area contributed by atoms with Crippen LogP contribution < -0.4 is 25.5 Å². The van der Waals surface area contributed by atoms with Crippen molar-refractivity contribution in [2.75, 3.05) is 19.9 Å². The first kappa shape index (κ1) is 24.1. The molecule has 0 aromatic heterocycles. The minimum atomic E-state index is -3.08. The number of aliphatic hydroxyl groups is 1. The second-order valence-corrected chi connectivity index (χ2v) is 8.79. The van der Waals surface area contributed by atoms with Gasteiger partial charge in [-0.2, -0.15) is 4.55 Å². The Kier molecular flexibility index (Phi) is 8.31. The fourth-order valence-corrected chi connectivity index (χ4v) is 3.05. The van der Waals surface area contributed by atoms with Gasteiger partial charge in [-0.05, 0) is 43.3 Å². The maximum absolute atomic E-state index is 12.6.